The second-order valence-electron chi connectivity index (χ2n) is 7.94. The molecule has 0 saturated carbocycles. The van der Waals surface area contributed by atoms with E-state index in [0.29, 0.717) is 42.3 Å². The van der Waals surface area contributed by atoms with Crippen LogP contribution in [0, 0.1) is 17.5 Å². The number of nitrogens with zero attached hydrogens (tertiary/aromatic N) is 3. The molecule has 1 aromatic heterocycles. The molecule has 0 radical (unpaired) electrons. The van der Waals surface area contributed by atoms with Crippen LogP contribution in [0.1, 0.15) is 47.9 Å². The van der Waals surface area contributed by atoms with Crippen molar-refractivity contribution >= 4 is 5.91 Å². The van der Waals surface area contributed by atoms with Gasteiger partial charge in [0.1, 0.15) is 23.2 Å². The van der Waals surface area contributed by atoms with Gasteiger partial charge in [-0.25, -0.2) is 13.2 Å². The monoisotopic (exact) mass is 443 g/mol. The lowest BCUT2D eigenvalue weighted by molar-refractivity contribution is 0.0672. The van der Waals surface area contributed by atoms with Crippen molar-refractivity contribution in [2.75, 3.05) is 13.2 Å². The van der Waals surface area contributed by atoms with Gasteiger partial charge in [0.05, 0.1) is 24.0 Å². The number of hydrogen-bond acceptors (Lipinski definition) is 3. The van der Waals surface area contributed by atoms with Crippen LogP contribution in [0.3, 0.4) is 0 Å². The lowest BCUT2D eigenvalue weighted by Gasteiger charge is -2.33. The van der Waals surface area contributed by atoms with Crippen LogP contribution in [0.15, 0.2) is 36.4 Å². The number of amides is 1. The van der Waals surface area contributed by atoms with Crippen LogP contribution >= 0.6 is 0 Å². The van der Waals surface area contributed by atoms with Crippen molar-refractivity contribution in [1.29, 1.82) is 0 Å². The molecule has 1 atom stereocenters. The van der Waals surface area contributed by atoms with Crippen molar-refractivity contribution < 1.29 is 22.7 Å². The number of aromatic nitrogens is 2. The molecule has 0 aliphatic carbocycles. The van der Waals surface area contributed by atoms with Gasteiger partial charge in [-0.05, 0) is 44.0 Å². The number of hydrogen-bond donors (Lipinski definition) is 0. The van der Waals surface area contributed by atoms with Crippen LogP contribution in [0.2, 0.25) is 0 Å². The summed E-state index contributed by atoms with van der Waals surface area (Å²) in [5.74, 6) is -1.88. The summed E-state index contributed by atoms with van der Waals surface area (Å²) in [6.45, 7) is 4.58. The summed E-state index contributed by atoms with van der Waals surface area (Å²) in [7, 11) is 1.71. The lowest BCUT2D eigenvalue weighted by atomic mass is 9.95. The van der Waals surface area contributed by atoms with E-state index in [0.717, 1.165) is 18.1 Å². The number of benzene rings is 2. The first-order valence-corrected chi connectivity index (χ1v) is 10.5. The first-order chi connectivity index (χ1) is 15.3. The molecule has 168 valence electrons. The second kappa shape index (κ2) is 8.68. The fraction of sp³-hybridized carbons (Fsp3) is 0.333. The van der Waals surface area contributed by atoms with Crippen molar-refractivity contribution in [2.45, 2.75) is 32.7 Å². The summed E-state index contributed by atoms with van der Waals surface area (Å²) in [5, 5.41) is 4.55. The minimum absolute atomic E-state index is 0.203. The molecule has 8 heteroatoms. The molecule has 0 N–H and O–H groups in total. The molecule has 3 aromatic rings. The highest BCUT2D eigenvalue weighted by Gasteiger charge is 2.33. The summed E-state index contributed by atoms with van der Waals surface area (Å²) < 4.78 is 48.8. The third kappa shape index (κ3) is 4.09. The van der Waals surface area contributed by atoms with Crippen LogP contribution in [0.4, 0.5) is 13.2 Å². The fourth-order valence-electron chi connectivity index (χ4n) is 4.23. The van der Waals surface area contributed by atoms with Crippen molar-refractivity contribution in [3.05, 3.63) is 70.7 Å². The van der Waals surface area contributed by atoms with Crippen LogP contribution < -0.4 is 4.74 Å². The van der Waals surface area contributed by atoms with Gasteiger partial charge in [0.25, 0.3) is 5.91 Å². The molecule has 0 unspecified atom stereocenters. The maximum atomic E-state index is 14.1. The van der Waals surface area contributed by atoms with Crippen molar-refractivity contribution in [3.8, 4) is 17.0 Å². The number of carbonyl (C=O) groups is 1. The van der Waals surface area contributed by atoms with E-state index in [9.17, 15) is 18.0 Å². The number of halogens is 3. The Kier molecular flexibility index (Phi) is 5.95. The van der Waals surface area contributed by atoms with Crippen LogP contribution in [-0.2, 0) is 13.5 Å². The molecular weight excluding hydrogens is 419 g/mol. The Morgan fingerprint density at radius 3 is 2.47 bits per heavy atom. The summed E-state index contributed by atoms with van der Waals surface area (Å²) >= 11 is 0. The fourth-order valence-corrected chi connectivity index (χ4v) is 4.23. The number of carbonyl (C=O) groups excluding carboxylic acids is 1. The van der Waals surface area contributed by atoms with Gasteiger partial charge in [-0.1, -0.05) is 6.92 Å². The van der Waals surface area contributed by atoms with Crippen LogP contribution in [-0.4, -0.2) is 33.7 Å². The number of fused-ring (bicyclic) bond motifs is 1. The topological polar surface area (TPSA) is 47.4 Å². The van der Waals surface area contributed by atoms with Gasteiger partial charge in [-0.2, -0.15) is 5.10 Å². The standard InChI is InChI=1S/C24H24F3N3O2/c1-4-7-32-20-11-16(10-19(27)13-20)24(31)30-6-5-21-22(14(30)2)28-29(3)23(21)15-8-17(25)12-18(26)9-15/h8-14H,4-7H2,1-3H3/t14-/m0/s1. The number of aryl methyl sites for hydroxylation is 1. The van der Waals surface area contributed by atoms with Crippen molar-refractivity contribution in [1.82, 2.24) is 14.7 Å². The quantitative estimate of drug-likeness (QED) is 0.554. The molecule has 32 heavy (non-hydrogen) atoms. The van der Waals surface area contributed by atoms with Gasteiger partial charge in [-0.3, -0.25) is 9.48 Å². The molecule has 0 spiro atoms. The summed E-state index contributed by atoms with van der Waals surface area (Å²) in [5.41, 5.74) is 2.73. The first kappa shape index (κ1) is 21.9. The SMILES string of the molecule is CCCOc1cc(F)cc(C(=O)N2CCc3c(nn(C)c3-c3cc(F)cc(F)c3)[C@@H]2C)c1. The third-order valence-corrected chi connectivity index (χ3v) is 5.63. The van der Waals surface area contributed by atoms with E-state index in [4.69, 9.17) is 4.74 Å². The van der Waals surface area contributed by atoms with Gasteiger partial charge < -0.3 is 9.64 Å². The van der Waals surface area contributed by atoms with E-state index in [1.54, 1.807) is 22.7 Å². The zero-order valence-corrected chi connectivity index (χ0v) is 18.2. The van der Waals surface area contributed by atoms with Crippen LogP contribution in [0.25, 0.3) is 11.3 Å². The van der Waals surface area contributed by atoms with Crippen LogP contribution in [0.5, 0.6) is 5.75 Å². The predicted octanol–water partition coefficient (Wildman–Crippen LogP) is 5.05. The molecule has 2 aromatic carbocycles. The minimum atomic E-state index is -0.664. The Morgan fingerprint density at radius 1 is 1.09 bits per heavy atom. The van der Waals surface area contributed by atoms with E-state index in [1.807, 2.05) is 13.8 Å². The minimum Gasteiger partial charge on any atom is -0.493 e. The van der Waals surface area contributed by atoms with Gasteiger partial charge in [0.2, 0.25) is 0 Å². The highest BCUT2D eigenvalue weighted by molar-refractivity contribution is 5.95. The maximum Gasteiger partial charge on any atom is 0.254 e. The Hall–Kier alpha value is -3.29. The Bertz CT molecular complexity index is 1160. The Labute approximate surface area is 184 Å². The van der Waals surface area contributed by atoms with Gasteiger partial charge in [0.15, 0.2) is 0 Å². The molecule has 0 saturated heterocycles. The largest absolute Gasteiger partial charge is 0.493 e. The zero-order chi connectivity index (χ0) is 23.0. The summed E-state index contributed by atoms with van der Waals surface area (Å²) in [4.78, 5) is 14.8. The van der Waals surface area contributed by atoms with Crippen molar-refractivity contribution in [3.63, 3.8) is 0 Å². The molecular formula is C24H24F3N3O2. The van der Waals surface area contributed by atoms with E-state index in [-0.39, 0.29) is 11.5 Å². The first-order valence-electron chi connectivity index (χ1n) is 10.5. The average molecular weight is 443 g/mol. The predicted molar refractivity (Wildman–Crippen MR) is 114 cm³/mol. The normalized spacial score (nSPS) is 15.6. The molecule has 1 amide bonds. The van der Waals surface area contributed by atoms with E-state index < -0.39 is 23.5 Å². The Balaban J connectivity index is 1.66. The highest BCUT2D eigenvalue weighted by atomic mass is 19.1. The lowest BCUT2D eigenvalue weighted by Crippen LogP contribution is -2.39. The Morgan fingerprint density at radius 2 is 1.78 bits per heavy atom. The van der Waals surface area contributed by atoms with E-state index in [2.05, 4.69) is 5.10 Å². The van der Waals surface area contributed by atoms with Gasteiger partial charge >= 0.3 is 0 Å². The molecule has 0 bridgehead atoms. The smallest absolute Gasteiger partial charge is 0.254 e. The molecule has 5 nitrogen and oxygen atoms in total. The van der Waals surface area contributed by atoms with E-state index in [1.165, 1.54) is 24.3 Å². The third-order valence-electron chi connectivity index (χ3n) is 5.63. The van der Waals surface area contributed by atoms with Crippen molar-refractivity contribution in [2.24, 2.45) is 7.05 Å². The zero-order valence-electron chi connectivity index (χ0n) is 18.2. The molecule has 4 rings (SSSR count). The second-order valence-corrected chi connectivity index (χ2v) is 7.94. The van der Waals surface area contributed by atoms with Gasteiger partial charge in [-0.15, -0.1) is 0 Å². The van der Waals surface area contributed by atoms with Gasteiger partial charge in [0, 0.05) is 42.4 Å². The molecule has 1 aliphatic heterocycles. The molecule has 1 aliphatic rings. The summed E-state index contributed by atoms with van der Waals surface area (Å²) in [6, 6.07) is 6.97. The number of rotatable bonds is 5. The summed E-state index contributed by atoms with van der Waals surface area (Å²) in [6.07, 6.45) is 1.23. The molecule has 0 fully saturated rings. The van der Waals surface area contributed by atoms with E-state index >= 15 is 0 Å². The average Bonchev–Trinajstić information content (AvgIpc) is 3.08. The number of ether oxygens (including phenoxy) is 1. The highest BCUT2D eigenvalue weighted by Crippen LogP contribution is 2.36. The maximum absolute atomic E-state index is 14.1. The molecule has 2 heterocycles.